The molecule has 88 valence electrons. The van der Waals surface area contributed by atoms with Gasteiger partial charge in [-0.15, -0.1) is 0 Å². The molecule has 0 aromatic carbocycles. The fraction of sp³-hybridized carbons (Fsp3) is 0.200. The highest BCUT2D eigenvalue weighted by Gasteiger charge is 2.12. The van der Waals surface area contributed by atoms with E-state index < -0.39 is 5.91 Å². The van der Waals surface area contributed by atoms with Gasteiger partial charge in [-0.1, -0.05) is 16.8 Å². The molecule has 7 heteroatoms. The number of aryl methyl sites for hydroxylation is 2. The molecule has 0 atom stereocenters. The third kappa shape index (κ3) is 2.79. The van der Waals surface area contributed by atoms with Crippen molar-refractivity contribution < 1.29 is 9.32 Å². The lowest BCUT2D eigenvalue weighted by molar-refractivity contribution is 0.101. The number of hydrogen-bond donors (Lipinski definition) is 1. The van der Waals surface area contributed by atoms with Crippen LogP contribution in [-0.2, 0) is 0 Å². The van der Waals surface area contributed by atoms with Crippen LogP contribution in [0.3, 0.4) is 0 Å². The second kappa shape index (κ2) is 4.50. The average molecular weight is 253 g/mol. The summed E-state index contributed by atoms with van der Waals surface area (Å²) in [6.45, 7) is 3.45. The number of anilines is 1. The van der Waals surface area contributed by atoms with Crippen LogP contribution in [0.1, 0.15) is 21.9 Å². The molecular weight excluding hydrogens is 244 g/mol. The van der Waals surface area contributed by atoms with Crippen molar-refractivity contribution in [1.29, 1.82) is 0 Å². The van der Waals surface area contributed by atoms with Gasteiger partial charge < -0.3 is 4.52 Å². The van der Waals surface area contributed by atoms with E-state index in [2.05, 4.69) is 20.4 Å². The highest BCUT2D eigenvalue weighted by molar-refractivity contribution is 6.29. The molecule has 0 saturated heterocycles. The normalized spacial score (nSPS) is 10.3. The maximum atomic E-state index is 11.7. The van der Waals surface area contributed by atoms with Gasteiger partial charge >= 0.3 is 0 Å². The largest absolute Gasteiger partial charge is 0.361 e. The first-order valence-corrected chi connectivity index (χ1v) is 5.18. The summed E-state index contributed by atoms with van der Waals surface area (Å²) in [7, 11) is 0. The lowest BCUT2D eigenvalue weighted by atomic mass is 10.3. The van der Waals surface area contributed by atoms with Crippen LogP contribution >= 0.6 is 11.6 Å². The summed E-state index contributed by atoms with van der Waals surface area (Å²) in [5.41, 5.74) is 0.834. The molecule has 0 saturated carbocycles. The van der Waals surface area contributed by atoms with Crippen LogP contribution in [0.5, 0.6) is 0 Å². The fourth-order valence-electron chi connectivity index (χ4n) is 1.23. The molecule has 6 nitrogen and oxygen atoms in total. The van der Waals surface area contributed by atoms with Crippen molar-refractivity contribution in [2.75, 3.05) is 5.32 Å². The van der Waals surface area contributed by atoms with Crippen LogP contribution in [0.2, 0.25) is 5.15 Å². The van der Waals surface area contributed by atoms with Crippen LogP contribution in [0, 0.1) is 13.8 Å². The van der Waals surface area contributed by atoms with Crippen LogP contribution in [0.25, 0.3) is 0 Å². The van der Waals surface area contributed by atoms with Gasteiger partial charge in [-0.25, -0.2) is 9.97 Å². The molecule has 2 heterocycles. The minimum absolute atomic E-state index is 0.139. The first-order valence-electron chi connectivity index (χ1n) is 4.80. The Morgan fingerprint density at radius 3 is 2.71 bits per heavy atom. The minimum Gasteiger partial charge on any atom is -0.361 e. The van der Waals surface area contributed by atoms with Crippen molar-refractivity contribution in [3.05, 3.63) is 34.4 Å². The second-order valence-corrected chi connectivity index (χ2v) is 3.82. The highest BCUT2D eigenvalue weighted by atomic mass is 35.5. The van der Waals surface area contributed by atoms with E-state index in [4.69, 9.17) is 16.1 Å². The van der Waals surface area contributed by atoms with Crippen molar-refractivity contribution in [2.45, 2.75) is 13.8 Å². The second-order valence-electron chi connectivity index (χ2n) is 3.43. The van der Waals surface area contributed by atoms with Crippen molar-refractivity contribution in [3.8, 4) is 0 Å². The van der Waals surface area contributed by atoms with Crippen molar-refractivity contribution >= 4 is 23.5 Å². The van der Waals surface area contributed by atoms with Gasteiger partial charge in [-0.05, 0) is 19.9 Å². The molecule has 0 aliphatic carbocycles. The van der Waals surface area contributed by atoms with E-state index in [1.807, 2.05) is 0 Å². The molecule has 0 aliphatic heterocycles. The molecular formula is C10H9ClN4O2. The van der Waals surface area contributed by atoms with E-state index >= 15 is 0 Å². The first kappa shape index (κ1) is 11.5. The van der Waals surface area contributed by atoms with Crippen molar-refractivity contribution in [3.63, 3.8) is 0 Å². The summed E-state index contributed by atoms with van der Waals surface area (Å²) < 4.78 is 4.79. The maximum Gasteiger partial charge on any atom is 0.280 e. The van der Waals surface area contributed by atoms with Gasteiger partial charge in [0.05, 0.1) is 0 Å². The number of nitrogens with zero attached hydrogens (tertiary/aromatic N) is 3. The zero-order chi connectivity index (χ0) is 12.4. The Hall–Kier alpha value is -1.95. The van der Waals surface area contributed by atoms with Crippen LogP contribution in [0.4, 0.5) is 5.95 Å². The molecule has 2 rings (SSSR count). The topological polar surface area (TPSA) is 80.9 Å². The molecule has 2 aromatic rings. The number of hydrogen-bond acceptors (Lipinski definition) is 5. The van der Waals surface area contributed by atoms with Crippen LogP contribution in [-0.4, -0.2) is 21.0 Å². The molecule has 0 bridgehead atoms. The average Bonchev–Trinajstić information content (AvgIpc) is 2.63. The van der Waals surface area contributed by atoms with Gasteiger partial charge in [-0.2, -0.15) is 0 Å². The number of aromatic nitrogens is 3. The lowest BCUT2D eigenvalue weighted by Crippen LogP contribution is -2.14. The fourth-order valence-corrected chi connectivity index (χ4v) is 1.46. The molecule has 17 heavy (non-hydrogen) atoms. The molecule has 0 radical (unpaired) electrons. The van der Waals surface area contributed by atoms with Crippen molar-refractivity contribution in [1.82, 2.24) is 15.1 Å². The zero-order valence-electron chi connectivity index (χ0n) is 9.19. The van der Waals surface area contributed by atoms with Crippen LogP contribution in [0.15, 0.2) is 16.7 Å². The number of rotatable bonds is 2. The Morgan fingerprint density at radius 1 is 1.35 bits per heavy atom. The Labute approximate surface area is 102 Å². The van der Waals surface area contributed by atoms with E-state index in [1.165, 1.54) is 6.07 Å². The van der Waals surface area contributed by atoms with E-state index in [0.717, 1.165) is 0 Å². The standard InChI is InChI=1S/C10H9ClN4O2/c1-5-3-8(11)13-10(12-5)14-9(16)7-4-6(2)17-15-7/h3-4H,1-2H3,(H,12,13,14,16). The summed E-state index contributed by atoms with van der Waals surface area (Å²) in [6.07, 6.45) is 0. The summed E-state index contributed by atoms with van der Waals surface area (Å²) in [6, 6.07) is 3.12. The number of carbonyl (C=O) groups excluding carboxylic acids is 1. The minimum atomic E-state index is -0.441. The molecule has 2 aromatic heterocycles. The molecule has 0 unspecified atom stereocenters. The smallest absolute Gasteiger partial charge is 0.280 e. The number of halogens is 1. The van der Waals surface area contributed by atoms with Gasteiger partial charge in [0.1, 0.15) is 10.9 Å². The van der Waals surface area contributed by atoms with E-state index in [0.29, 0.717) is 11.5 Å². The Morgan fingerprint density at radius 2 is 2.12 bits per heavy atom. The predicted octanol–water partition coefficient (Wildman–Crippen LogP) is 1.99. The van der Waals surface area contributed by atoms with Gasteiger partial charge in [0.2, 0.25) is 5.95 Å². The maximum absolute atomic E-state index is 11.7. The number of amides is 1. The predicted molar refractivity (Wildman–Crippen MR) is 61.0 cm³/mol. The highest BCUT2D eigenvalue weighted by Crippen LogP contribution is 2.11. The van der Waals surface area contributed by atoms with Gasteiger partial charge in [-0.3, -0.25) is 10.1 Å². The number of carbonyl (C=O) groups is 1. The molecule has 0 aliphatic rings. The Balaban J connectivity index is 2.18. The summed E-state index contributed by atoms with van der Waals surface area (Å²) in [4.78, 5) is 19.6. The lowest BCUT2D eigenvalue weighted by Gasteiger charge is -2.02. The SMILES string of the molecule is Cc1cc(Cl)nc(NC(=O)c2cc(C)on2)n1. The third-order valence-corrected chi connectivity index (χ3v) is 2.10. The Bertz CT molecular complexity index is 547. The van der Waals surface area contributed by atoms with Gasteiger partial charge in [0.25, 0.3) is 5.91 Å². The molecule has 0 spiro atoms. The van der Waals surface area contributed by atoms with Crippen LogP contribution < -0.4 is 5.32 Å². The molecule has 1 amide bonds. The summed E-state index contributed by atoms with van der Waals surface area (Å²) >= 11 is 5.75. The monoisotopic (exact) mass is 252 g/mol. The third-order valence-electron chi connectivity index (χ3n) is 1.91. The van der Waals surface area contributed by atoms with E-state index in [9.17, 15) is 4.79 Å². The molecule has 1 N–H and O–H groups in total. The van der Waals surface area contributed by atoms with Gasteiger partial charge in [0, 0.05) is 11.8 Å². The van der Waals surface area contributed by atoms with E-state index in [-0.39, 0.29) is 16.8 Å². The van der Waals surface area contributed by atoms with Gasteiger partial charge in [0.15, 0.2) is 5.69 Å². The van der Waals surface area contributed by atoms with Crippen molar-refractivity contribution in [2.24, 2.45) is 0 Å². The Kier molecular flexibility index (Phi) is 3.06. The molecule has 0 fully saturated rings. The first-order chi connectivity index (χ1) is 8.04. The quantitative estimate of drug-likeness (QED) is 0.827. The van der Waals surface area contributed by atoms with E-state index in [1.54, 1.807) is 19.9 Å². The number of nitrogens with one attached hydrogen (secondary N) is 1. The summed E-state index contributed by atoms with van der Waals surface area (Å²) in [5, 5.41) is 6.33. The summed E-state index contributed by atoms with van der Waals surface area (Å²) in [5.74, 6) is 0.252. The zero-order valence-corrected chi connectivity index (χ0v) is 9.95.